The van der Waals surface area contributed by atoms with Crippen LogP contribution in [0.2, 0.25) is 0 Å². The van der Waals surface area contributed by atoms with Gasteiger partial charge in [-0.1, -0.05) is 135 Å². The van der Waals surface area contributed by atoms with Gasteiger partial charge in [0.05, 0.1) is 0 Å². The molecule has 0 spiro atoms. The van der Waals surface area contributed by atoms with Crippen LogP contribution in [0, 0.1) is 0 Å². The van der Waals surface area contributed by atoms with Crippen molar-refractivity contribution in [2.24, 2.45) is 0 Å². The molecule has 0 fully saturated rings. The number of anilines is 3. The molecule has 1 aliphatic carbocycles. The SMILES string of the molecule is CC1(C)c2ccccc2-c2ccc(N(c3ccc(-c4cccc5oc6cc7oc(-c8ccccc8)nc7cc6c45)cc3)c3cccc(-c4ccc5ccccc5c4)c3)cc21. The van der Waals surface area contributed by atoms with Gasteiger partial charge in [-0.25, -0.2) is 4.98 Å². The highest BCUT2D eigenvalue weighted by Crippen LogP contribution is 2.51. The maximum Gasteiger partial charge on any atom is 0.227 e. The highest BCUT2D eigenvalue weighted by atomic mass is 16.4. The Morgan fingerprint density at radius 2 is 1.10 bits per heavy atom. The third-order valence-electron chi connectivity index (χ3n) is 12.5. The maximum absolute atomic E-state index is 6.47. The number of aromatic nitrogens is 1. The normalized spacial score (nSPS) is 13.0. The van der Waals surface area contributed by atoms with Crippen LogP contribution in [0.25, 0.3) is 88.6 Å². The Balaban J connectivity index is 0.980. The highest BCUT2D eigenvalue weighted by Gasteiger charge is 2.35. The highest BCUT2D eigenvalue weighted by molar-refractivity contribution is 6.15. The number of fused-ring (bicyclic) bond motifs is 8. The molecule has 9 aromatic carbocycles. The van der Waals surface area contributed by atoms with E-state index in [1.165, 1.54) is 44.2 Å². The second kappa shape index (κ2) is 13.2. The molecular weight excluding hydrogens is 733 g/mol. The van der Waals surface area contributed by atoms with Gasteiger partial charge in [0.25, 0.3) is 0 Å². The van der Waals surface area contributed by atoms with Crippen LogP contribution in [-0.2, 0) is 5.41 Å². The van der Waals surface area contributed by atoms with Gasteiger partial charge in [-0.3, -0.25) is 0 Å². The second-order valence-electron chi connectivity index (χ2n) is 16.4. The molecule has 11 aromatic rings. The average molecular weight is 771 g/mol. The Bertz CT molecular complexity index is 3460. The summed E-state index contributed by atoms with van der Waals surface area (Å²) in [7, 11) is 0. The third-order valence-corrected chi connectivity index (χ3v) is 12.5. The summed E-state index contributed by atoms with van der Waals surface area (Å²) in [6, 6.07) is 69.4. The number of benzene rings is 9. The second-order valence-corrected chi connectivity index (χ2v) is 16.4. The summed E-state index contributed by atoms with van der Waals surface area (Å²) in [6.45, 7) is 4.69. The molecule has 0 saturated carbocycles. The minimum Gasteiger partial charge on any atom is -0.456 e. The maximum atomic E-state index is 6.47. The zero-order chi connectivity index (χ0) is 40.0. The van der Waals surface area contributed by atoms with Crippen LogP contribution in [-0.4, -0.2) is 4.98 Å². The van der Waals surface area contributed by atoms with Crippen molar-refractivity contribution in [1.82, 2.24) is 4.98 Å². The van der Waals surface area contributed by atoms with E-state index in [2.05, 4.69) is 170 Å². The quantitative estimate of drug-likeness (QED) is 0.169. The number of hydrogen-bond acceptors (Lipinski definition) is 4. The van der Waals surface area contributed by atoms with Gasteiger partial charge in [0, 0.05) is 44.9 Å². The molecule has 0 aliphatic heterocycles. The molecule has 2 heterocycles. The predicted octanol–water partition coefficient (Wildman–Crippen LogP) is 15.7. The van der Waals surface area contributed by atoms with Gasteiger partial charge in [0.1, 0.15) is 16.7 Å². The lowest BCUT2D eigenvalue weighted by Crippen LogP contribution is -2.16. The van der Waals surface area contributed by atoms with Crippen LogP contribution in [0.5, 0.6) is 0 Å². The van der Waals surface area contributed by atoms with E-state index >= 15 is 0 Å². The van der Waals surface area contributed by atoms with Gasteiger partial charge in [-0.2, -0.15) is 0 Å². The summed E-state index contributed by atoms with van der Waals surface area (Å²) in [5.41, 5.74) is 17.1. The predicted molar refractivity (Wildman–Crippen MR) is 247 cm³/mol. The van der Waals surface area contributed by atoms with Crippen LogP contribution in [0.3, 0.4) is 0 Å². The summed E-state index contributed by atoms with van der Waals surface area (Å²) in [5.74, 6) is 0.599. The number of nitrogens with zero attached hydrogens (tertiary/aromatic N) is 2. The lowest BCUT2D eigenvalue weighted by molar-refractivity contribution is 0.617. The molecule has 0 N–H and O–H groups in total. The fraction of sp³-hybridized carbons (Fsp3) is 0.0536. The molecule has 0 atom stereocenters. The van der Waals surface area contributed by atoms with Gasteiger partial charge in [-0.05, 0) is 122 Å². The first-order chi connectivity index (χ1) is 29.5. The van der Waals surface area contributed by atoms with Crippen molar-refractivity contribution in [1.29, 1.82) is 0 Å². The van der Waals surface area contributed by atoms with Crippen LogP contribution in [0.15, 0.2) is 203 Å². The molecule has 4 nitrogen and oxygen atoms in total. The lowest BCUT2D eigenvalue weighted by Gasteiger charge is -2.28. The Hall–Kier alpha value is -7.69. The molecule has 4 heteroatoms. The average Bonchev–Trinajstić information content (AvgIpc) is 3.95. The van der Waals surface area contributed by atoms with Crippen molar-refractivity contribution in [3.8, 4) is 44.8 Å². The van der Waals surface area contributed by atoms with Crippen molar-refractivity contribution in [3.63, 3.8) is 0 Å². The molecule has 0 radical (unpaired) electrons. The number of oxazole rings is 1. The molecule has 0 unspecified atom stereocenters. The van der Waals surface area contributed by atoms with Gasteiger partial charge in [-0.15, -0.1) is 0 Å². The first kappa shape index (κ1) is 34.4. The summed E-state index contributed by atoms with van der Waals surface area (Å²) in [4.78, 5) is 7.27. The standard InChI is InChI=1S/C56H38N2O2/c1-56(2)48-20-9-8-18-45(48)46-29-28-43(32-49(46)56)58(42-17-10-16-39(31-42)40-23-22-35-12-6-7-15-38(35)30-40)41-26-24-36(25-27-41)44-19-11-21-51-54(44)47-33-50-53(34-52(47)59-51)60-55(57-50)37-13-4-3-5-14-37/h3-34H,1-2H3. The molecule has 0 saturated heterocycles. The van der Waals surface area contributed by atoms with Crippen molar-refractivity contribution in [3.05, 3.63) is 205 Å². The van der Waals surface area contributed by atoms with E-state index in [1.807, 2.05) is 42.5 Å². The van der Waals surface area contributed by atoms with Gasteiger partial charge >= 0.3 is 0 Å². The van der Waals surface area contributed by atoms with E-state index in [-0.39, 0.29) is 5.41 Å². The smallest absolute Gasteiger partial charge is 0.227 e. The van der Waals surface area contributed by atoms with Crippen molar-refractivity contribution >= 4 is 60.9 Å². The molecule has 284 valence electrons. The Kier molecular flexibility index (Phi) is 7.54. The van der Waals surface area contributed by atoms with E-state index < -0.39 is 0 Å². The summed E-state index contributed by atoms with van der Waals surface area (Å²) < 4.78 is 12.7. The largest absolute Gasteiger partial charge is 0.456 e. The monoisotopic (exact) mass is 770 g/mol. The van der Waals surface area contributed by atoms with Crippen LogP contribution in [0.4, 0.5) is 17.1 Å². The summed E-state index contributed by atoms with van der Waals surface area (Å²) in [5, 5.41) is 4.55. The van der Waals surface area contributed by atoms with Gasteiger partial charge < -0.3 is 13.7 Å². The topological polar surface area (TPSA) is 42.4 Å². The van der Waals surface area contributed by atoms with Crippen LogP contribution < -0.4 is 4.90 Å². The minimum atomic E-state index is -0.128. The van der Waals surface area contributed by atoms with E-state index in [0.29, 0.717) is 11.5 Å². The number of hydrogen-bond donors (Lipinski definition) is 0. The van der Waals surface area contributed by atoms with Crippen LogP contribution in [0.1, 0.15) is 25.0 Å². The zero-order valence-corrected chi connectivity index (χ0v) is 33.2. The van der Waals surface area contributed by atoms with E-state index in [9.17, 15) is 0 Å². The Morgan fingerprint density at radius 1 is 0.417 bits per heavy atom. The fourth-order valence-corrected chi connectivity index (χ4v) is 9.45. The molecule has 12 rings (SSSR count). The zero-order valence-electron chi connectivity index (χ0n) is 33.2. The summed E-state index contributed by atoms with van der Waals surface area (Å²) >= 11 is 0. The molecular formula is C56H38N2O2. The Labute approximate surface area is 347 Å². The molecule has 0 amide bonds. The van der Waals surface area contributed by atoms with Gasteiger partial charge in [0.2, 0.25) is 5.89 Å². The molecule has 0 bridgehead atoms. The first-order valence-electron chi connectivity index (χ1n) is 20.5. The van der Waals surface area contributed by atoms with Crippen molar-refractivity contribution in [2.75, 3.05) is 4.90 Å². The van der Waals surface area contributed by atoms with E-state index in [1.54, 1.807) is 0 Å². The van der Waals surface area contributed by atoms with Crippen molar-refractivity contribution < 1.29 is 8.83 Å². The van der Waals surface area contributed by atoms with E-state index in [0.717, 1.165) is 61.2 Å². The van der Waals surface area contributed by atoms with E-state index in [4.69, 9.17) is 13.8 Å². The lowest BCUT2D eigenvalue weighted by atomic mass is 9.82. The minimum absolute atomic E-state index is 0.128. The Morgan fingerprint density at radius 3 is 1.98 bits per heavy atom. The molecule has 60 heavy (non-hydrogen) atoms. The summed E-state index contributed by atoms with van der Waals surface area (Å²) in [6.07, 6.45) is 0. The molecule has 1 aliphatic rings. The number of furan rings is 1. The third kappa shape index (κ3) is 5.41. The van der Waals surface area contributed by atoms with Crippen LogP contribution >= 0.6 is 0 Å². The van der Waals surface area contributed by atoms with Gasteiger partial charge in [0.15, 0.2) is 5.58 Å². The number of rotatable bonds is 6. The molecule has 2 aromatic heterocycles. The fourth-order valence-electron chi connectivity index (χ4n) is 9.45. The first-order valence-corrected chi connectivity index (χ1v) is 20.5. The van der Waals surface area contributed by atoms with Crippen molar-refractivity contribution in [2.45, 2.75) is 19.3 Å².